The summed E-state index contributed by atoms with van der Waals surface area (Å²) < 4.78 is 43.6. The maximum absolute atomic E-state index is 13.4. The van der Waals surface area contributed by atoms with Crippen molar-refractivity contribution in [2.24, 2.45) is 0 Å². The van der Waals surface area contributed by atoms with E-state index >= 15 is 0 Å². The summed E-state index contributed by atoms with van der Waals surface area (Å²) in [7, 11) is 2.42. The summed E-state index contributed by atoms with van der Waals surface area (Å²) in [5.74, 6) is -2.46. The Labute approximate surface area is 199 Å². The fourth-order valence-electron chi connectivity index (χ4n) is 3.53. The van der Waals surface area contributed by atoms with Gasteiger partial charge in [0.1, 0.15) is 35.2 Å². The van der Waals surface area contributed by atoms with Gasteiger partial charge in [-0.1, -0.05) is 18.2 Å². The molecule has 1 aromatic heterocycles. The first-order valence-corrected chi connectivity index (χ1v) is 10.4. The Morgan fingerprint density at radius 1 is 0.857 bits per heavy atom. The predicted octanol–water partition coefficient (Wildman–Crippen LogP) is 4.97. The van der Waals surface area contributed by atoms with Gasteiger partial charge in [0.05, 0.1) is 19.9 Å². The minimum absolute atomic E-state index is 0.0451. The van der Waals surface area contributed by atoms with Crippen LogP contribution in [0.4, 0.5) is 8.78 Å². The number of para-hydroxylation sites is 1. The van der Waals surface area contributed by atoms with E-state index in [4.69, 9.17) is 14.2 Å². The lowest BCUT2D eigenvalue weighted by Gasteiger charge is -2.08. The highest BCUT2D eigenvalue weighted by molar-refractivity contribution is 6.06. The Hall–Kier alpha value is -4.53. The summed E-state index contributed by atoms with van der Waals surface area (Å²) in [6.45, 7) is -0.0451. The lowest BCUT2D eigenvalue weighted by molar-refractivity contribution is 0.0549. The van der Waals surface area contributed by atoms with E-state index < -0.39 is 23.6 Å². The van der Waals surface area contributed by atoms with Crippen LogP contribution in [-0.4, -0.2) is 35.9 Å². The molecule has 4 aromatic rings. The third kappa shape index (κ3) is 5.03. The summed E-state index contributed by atoms with van der Waals surface area (Å²) in [5.41, 5.74) is 1.48. The average Bonchev–Trinajstić information content (AvgIpc) is 3.27. The normalized spacial score (nSPS) is 10.6. The molecule has 0 spiro atoms. The third-order valence-electron chi connectivity index (χ3n) is 5.11. The van der Waals surface area contributed by atoms with Crippen molar-refractivity contribution in [3.05, 3.63) is 101 Å². The van der Waals surface area contributed by atoms with Crippen molar-refractivity contribution in [2.45, 2.75) is 6.61 Å². The van der Waals surface area contributed by atoms with E-state index in [0.717, 1.165) is 6.07 Å². The summed E-state index contributed by atoms with van der Waals surface area (Å²) in [4.78, 5) is 25.4. The highest BCUT2D eigenvalue weighted by Gasteiger charge is 2.31. The summed E-state index contributed by atoms with van der Waals surface area (Å²) >= 11 is 0. The Balaban J connectivity index is 1.71. The maximum atomic E-state index is 13.4. The van der Waals surface area contributed by atoms with E-state index in [1.54, 1.807) is 48.5 Å². The Morgan fingerprint density at radius 3 is 2.09 bits per heavy atom. The van der Waals surface area contributed by atoms with Crippen LogP contribution in [0.25, 0.3) is 16.9 Å². The first kappa shape index (κ1) is 23.6. The minimum atomic E-state index is -0.754. The molecule has 0 bridgehead atoms. The van der Waals surface area contributed by atoms with Gasteiger partial charge in [-0.05, 0) is 54.1 Å². The number of rotatable bonds is 7. The van der Waals surface area contributed by atoms with Gasteiger partial charge in [0, 0.05) is 11.6 Å². The molecule has 0 saturated carbocycles. The van der Waals surface area contributed by atoms with Crippen LogP contribution in [0.15, 0.2) is 72.8 Å². The molecule has 7 nitrogen and oxygen atoms in total. The van der Waals surface area contributed by atoms with Crippen LogP contribution in [0, 0.1) is 11.6 Å². The molecule has 178 valence electrons. The molecule has 1 heterocycles. The smallest absolute Gasteiger partial charge is 0.357 e. The molecule has 35 heavy (non-hydrogen) atoms. The lowest BCUT2D eigenvalue weighted by atomic mass is 10.1. The number of halogens is 2. The molecule has 0 aliphatic rings. The fraction of sp³-hybridized carbons (Fsp3) is 0.115. The first-order valence-electron chi connectivity index (χ1n) is 10.4. The second kappa shape index (κ2) is 10.2. The minimum Gasteiger partial charge on any atom is -0.489 e. The SMILES string of the molecule is COC(=O)c1c(-c2ccc(OCc3cc(F)cc(F)c3)cc2)nn(-c2ccccc2)c1C(=O)OC. The Kier molecular flexibility index (Phi) is 6.86. The molecule has 9 heteroatoms. The zero-order valence-corrected chi connectivity index (χ0v) is 18.8. The van der Waals surface area contributed by atoms with Crippen molar-refractivity contribution >= 4 is 11.9 Å². The number of carbonyl (C=O) groups excluding carboxylic acids is 2. The van der Waals surface area contributed by atoms with E-state index in [0.29, 0.717) is 22.6 Å². The van der Waals surface area contributed by atoms with Gasteiger partial charge in [0.2, 0.25) is 0 Å². The number of esters is 2. The van der Waals surface area contributed by atoms with Gasteiger partial charge in [0.25, 0.3) is 0 Å². The number of benzene rings is 3. The van der Waals surface area contributed by atoms with Gasteiger partial charge in [-0.15, -0.1) is 0 Å². The molecule has 4 rings (SSSR count). The highest BCUT2D eigenvalue weighted by Crippen LogP contribution is 2.30. The topological polar surface area (TPSA) is 79.7 Å². The second-order valence-corrected chi connectivity index (χ2v) is 7.39. The van der Waals surface area contributed by atoms with Crippen molar-refractivity contribution in [3.8, 4) is 22.7 Å². The van der Waals surface area contributed by atoms with Crippen LogP contribution in [0.2, 0.25) is 0 Å². The quantitative estimate of drug-likeness (QED) is 0.349. The van der Waals surface area contributed by atoms with Crippen molar-refractivity contribution in [3.63, 3.8) is 0 Å². The standard InChI is InChI=1S/C26H20F2N2O5/c1-33-25(31)22-23(29-30(24(22)26(32)34-2)20-6-4-3-5-7-20)17-8-10-21(11-9-17)35-15-16-12-18(27)14-19(28)13-16/h3-14H,15H2,1-2H3. The molecule has 0 amide bonds. The van der Waals surface area contributed by atoms with Crippen LogP contribution in [-0.2, 0) is 16.1 Å². The van der Waals surface area contributed by atoms with Gasteiger partial charge in [0.15, 0.2) is 5.69 Å². The molecule has 0 radical (unpaired) electrons. The fourth-order valence-corrected chi connectivity index (χ4v) is 3.53. The molecule has 0 fully saturated rings. The van der Waals surface area contributed by atoms with Crippen molar-refractivity contribution < 1.29 is 32.6 Å². The number of methoxy groups -OCH3 is 2. The van der Waals surface area contributed by atoms with E-state index in [2.05, 4.69) is 5.10 Å². The van der Waals surface area contributed by atoms with E-state index in [9.17, 15) is 18.4 Å². The number of hydrogen-bond donors (Lipinski definition) is 0. The number of ether oxygens (including phenoxy) is 3. The zero-order chi connectivity index (χ0) is 24.9. The molecule has 0 unspecified atom stereocenters. The molecular formula is C26H20F2N2O5. The molecule has 3 aromatic carbocycles. The van der Waals surface area contributed by atoms with Crippen LogP contribution in [0.3, 0.4) is 0 Å². The molecule has 0 aliphatic carbocycles. The lowest BCUT2D eigenvalue weighted by Crippen LogP contribution is -2.15. The average molecular weight is 478 g/mol. The molecule has 0 atom stereocenters. The second-order valence-electron chi connectivity index (χ2n) is 7.39. The van der Waals surface area contributed by atoms with Crippen molar-refractivity contribution in [1.82, 2.24) is 9.78 Å². The highest BCUT2D eigenvalue weighted by atomic mass is 19.1. The molecule has 0 aliphatic heterocycles. The summed E-state index contributed by atoms with van der Waals surface area (Å²) in [5, 5.41) is 4.52. The monoisotopic (exact) mass is 478 g/mol. The zero-order valence-electron chi connectivity index (χ0n) is 18.8. The van der Waals surface area contributed by atoms with Crippen LogP contribution in [0.5, 0.6) is 5.75 Å². The van der Waals surface area contributed by atoms with Gasteiger partial charge in [-0.25, -0.2) is 23.1 Å². The number of hydrogen-bond acceptors (Lipinski definition) is 6. The molecule has 0 saturated heterocycles. The van der Waals surface area contributed by atoms with Crippen molar-refractivity contribution in [1.29, 1.82) is 0 Å². The first-order chi connectivity index (χ1) is 16.9. The maximum Gasteiger partial charge on any atom is 0.357 e. The predicted molar refractivity (Wildman–Crippen MR) is 122 cm³/mol. The largest absolute Gasteiger partial charge is 0.489 e. The van der Waals surface area contributed by atoms with E-state index in [1.807, 2.05) is 6.07 Å². The number of carbonyl (C=O) groups is 2. The van der Waals surface area contributed by atoms with E-state index in [1.165, 1.54) is 31.0 Å². The molecule has 0 N–H and O–H groups in total. The number of aromatic nitrogens is 2. The van der Waals surface area contributed by atoms with Crippen LogP contribution < -0.4 is 4.74 Å². The third-order valence-corrected chi connectivity index (χ3v) is 5.11. The van der Waals surface area contributed by atoms with Gasteiger partial charge in [-0.3, -0.25) is 0 Å². The van der Waals surface area contributed by atoms with Gasteiger partial charge in [-0.2, -0.15) is 5.10 Å². The van der Waals surface area contributed by atoms with Crippen molar-refractivity contribution in [2.75, 3.05) is 14.2 Å². The Morgan fingerprint density at radius 2 is 1.49 bits per heavy atom. The van der Waals surface area contributed by atoms with Gasteiger partial charge < -0.3 is 14.2 Å². The van der Waals surface area contributed by atoms with Gasteiger partial charge >= 0.3 is 11.9 Å². The molecular weight excluding hydrogens is 458 g/mol. The summed E-state index contributed by atoms with van der Waals surface area (Å²) in [6.07, 6.45) is 0. The summed E-state index contributed by atoms with van der Waals surface area (Å²) in [6, 6.07) is 18.5. The van der Waals surface area contributed by atoms with Crippen LogP contribution in [0.1, 0.15) is 26.4 Å². The van der Waals surface area contributed by atoms with Crippen LogP contribution >= 0.6 is 0 Å². The Bertz CT molecular complexity index is 1350. The van der Waals surface area contributed by atoms with E-state index in [-0.39, 0.29) is 23.6 Å². The number of nitrogens with zero attached hydrogens (tertiary/aromatic N) is 2.